The van der Waals surface area contributed by atoms with E-state index in [1.54, 1.807) is 0 Å². The molecule has 0 aliphatic rings. The van der Waals surface area contributed by atoms with E-state index in [1.165, 1.54) is 12.1 Å². The monoisotopic (exact) mass is 230 g/mol. The van der Waals surface area contributed by atoms with Crippen LogP contribution in [-0.2, 0) is 0 Å². The molecule has 0 aliphatic carbocycles. The maximum atomic E-state index is 12.9. The highest BCUT2D eigenvalue weighted by Crippen LogP contribution is 2.14. The number of hydrogen-bond acceptors (Lipinski definition) is 2. The predicted octanol–water partition coefficient (Wildman–Crippen LogP) is 0.597. The fraction of sp³-hybridized carbons (Fsp3) is 0. The van der Waals surface area contributed by atoms with Gasteiger partial charge in [0.05, 0.1) is 11.2 Å². The molecule has 0 aliphatic heterocycles. The molecule has 1 rings (SSSR count). The van der Waals surface area contributed by atoms with E-state index in [0.717, 1.165) is 12.3 Å². The summed E-state index contributed by atoms with van der Waals surface area (Å²) in [6.45, 7) is 0. The van der Waals surface area contributed by atoms with Gasteiger partial charge in [0.15, 0.2) is 0 Å². The van der Waals surface area contributed by atoms with Gasteiger partial charge in [0, 0.05) is 0 Å². The van der Waals surface area contributed by atoms with Crippen molar-refractivity contribution >= 4 is 23.8 Å². The van der Waals surface area contributed by atoms with Crippen molar-refractivity contribution in [2.75, 3.05) is 0 Å². The van der Waals surface area contributed by atoms with Crippen molar-refractivity contribution in [2.45, 2.75) is 0 Å². The third-order valence-electron chi connectivity index (χ3n) is 1.48. The van der Waals surface area contributed by atoms with Crippen molar-refractivity contribution in [3.63, 3.8) is 0 Å². The summed E-state index contributed by atoms with van der Waals surface area (Å²) in [5, 5.41) is 14.1. The summed E-state index contributed by atoms with van der Waals surface area (Å²) in [5.41, 5.74) is 10.3. The summed E-state index contributed by atoms with van der Waals surface area (Å²) < 4.78 is 12.9. The Morgan fingerprint density at radius 2 is 2.20 bits per heavy atom. The number of guanidine groups is 1. The van der Waals surface area contributed by atoms with Gasteiger partial charge in [-0.1, -0.05) is 17.7 Å². The second kappa shape index (κ2) is 4.61. The normalized spacial score (nSPS) is 10.5. The van der Waals surface area contributed by atoms with Crippen LogP contribution in [0.2, 0.25) is 5.02 Å². The highest BCUT2D eigenvalue weighted by molar-refractivity contribution is 6.30. The number of hydrazone groups is 1. The second-order valence-corrected chi connectivity index (χ2v) is 3.02. The van der Waals surface area contributed by atoms with E-state index in [9.17, 15) is 9.60 Å². The molecule has 0 spiro atoms. The largest absolute Gasteiger partial charge is 0.722 e. The number of hydrogen-bond donors (Lipinski definition) is 2. The molecule has 0 aromatic heterocycles. The molecule has 4 N–H and O–H groups in total. The Labute approximate surface area is 90.0 Å². The molecule has 5 nitrogen and oxygen atoms in total. The van der Waals surface area contributed by atoms with Gasteiger partial charge in [0.1, 0.15) is 5.82 Å². The molecule has 1 aromatic rings. The van der Waals surface area contributed by atoms with Crippen molar-refractivity contribution in [2.24, 2.45) is 16.6 Å². The molecule has 0 radical (unpaired) electrons. The van der Waals surface area contributed by atoms with Crippen LogP contribution in [0.25, 0.3) is 0 Å². The van der Waals surface area contributed by atoms with Crippen LogP contribution < -0.4 is 11.5 Å². The Balaban J connectivity index is 2.91. The SMILES string of the molecule is NC(N)=[N+]([O-])N=Cc1ccc(Cl)c(F)c1. The summed E-state index contributed by atoms with van der Waals surface area (Å²) in [6.07, 6.45) is 1.12. The molecule has 0 saturated carbocycles. The molecule has 7 heteroatoms. The molecular formula is C8H8ClFN4O. The molecule has 0 bridgehead atoms. The first-order valence-corrected chi connectivity index (χ1v) is 4.22. The first-order valence-electron chi connectivity index (χ1n) is 3.85. The Kier molecular flexibility index (Phi) is 3.46. The number of nitrogens with zero attached hydrogens (tertiary/aromatic N) is 2. The first-order chi connectivity index (χ1) is 7.00. The van der Waals surface area contributed by atoms with Gasteiger partial charge >= 0.3 is 5.96 Å². The zero-order valence-electron chi connectivity index (χ0n) is 7.52. The van der Waals surface area contributed by atoms with Crippen LogP contribution in [0.4, 0.5) is 4.39 Å². The van der Waals surface area contributed by atoms with Gasteiger partial charge in [-0.15, -0.1) is 9.95 Å². The lowest BCUT2D eigenvalue weighted by molar-refractivity contribution is -0.463. The molecule has 0 saturated heterocycles. The van der Waals surface area contributed by atoms with Crippen LogP contribution in [0.5, 0.6) is 0 Å². The fourth-order valence-electron chi connectivity index (χ4n) is 0.778. The van der Waals surface area contributed by atoms with Crippen molar-refractivity contribution < 1.29 is 9.24 Å². The summed E-state index contributed by atoms with van der Waals surface area (Å²) in [5.74, 6) is -1.09. The van der Waals surface area contributed by atoms with E-state index >= 15 is 0 Å². The van der Waals surface area contributed by atoms with Crippen LogP contribution in [0.3, 0.4) is 0 Å². The van der Waals surface area contributed by atoms with Gasteiger partial charge in [-0.25, -0.2) is 4.39 Å². The van der Waals surface area contributed by atoms with Crippen molar-refractivity contribution in [3.05, 3.63) is 39.8 Å². The Bertz CT molecular complexity index is 429. The second-order valence-electron chi connectivity index (χ2n) is 2.62. The molecule has 15 heavy (non-hydrogen) atoms. The standard InChI is InChI=1S/C8H8ClFN4O/c9-6-2-1-5(3-7(6)10)4-13-14(15)8(11)12/h1-4H,11-12H2. The average molecular weight is 231 g/mol. The lowest BCUT2D eigenvalue weighted by atomic mass is 10.2. The third kappa shape index (κ3) is 3.10. The van der Waals surface area contributed by atoms with E-state index < -0.39 is 11.8 Å². The molecule has 1 aromatic carbocycles. The van der Waals surface area contributed by atoms with E-state index in [-0.39, 0.29) is 9.87 Å². The van der Waals surface area contributed by atoms with Gasteiger partial charge < -0.3 is 5.21 Å². The first kappa shape index (κ1) is 11.3. The van der Waals surface area contributed by atoms with Crippen LogP contribution in [0, 0.1) is 11.0 Å². The minimum atomic E-state index is -0.595. The molecule has 0 heterocycles. The minimum absolute atomic E-state index is 0.00368. The van der Waals surface area contributed by atoms with Gasteiger partial charge in [-0.2, -0.15) is 0 Å². The number of benzene rings is 1. The lowest BCUT2D eigenvalue weighted by Gasteiger charge is -2.02. The highest BCUT2D eigenvalue weighted by atomic mass is 35.5. The Morgan fingerprint density at radius 1 is 1.53 bits per heavy atom. The molecule has 0 unspecified atom stereocenters. The molecular weight excluding hydrogens is 223 g/mol. The van der Waals surface area contributed by atoms with E-state index in [4.69, 9.17) is 23.1 Å². The van der Waals surface area contributed by atoms with Crippen LogP contribution in [0.1, 0.15) is 5.56 Å². The average Bonchev–Trinajstić information content (AvgIpc) is 2.19. The van der Waals surface area contributed by atoms with Crippen LogP contribution >= 0.6 is 11.6 Å². The zero-order chi connectivity index (χ0) is 11.4. The van der Waals surface area contributed by atoms with Gasteiger partial charge in [0.2, 0.25) is 0 Å². The van der Waals surface area contributed by atoms with Crippen molar-refractivity contribution in [3.8, 4) is 0 Å². The highest BCUT2D eigenvalue weighted by Gasteiger charge is 1.99. The lowest BCUT2D eigenvalue weighted by Crippen LogP contribution is -2.30. The van der Waals surface area contributed by atoms with Gasteiger partial charge in [-0.3, -0.25) is 11.5 Å². The van der Waals surface area contributed by atoms with E-state index in [1.807, 2.05) is 0 Å². The van der Waals surface area contributed by atoms with Crippen LogP contribution in [0.15, 0.2) is 23.3 Å². The quantitative estimate of drug-likeness (QED) is 0.256. The summed E-state index contributed by atoms with van der Waals surface area (Å²) >= 11 is 5.46. The maximum Gasteiger partial charge on any atom is 0.366 e. The topological polar surface area (TPSA) is 90.5 Å². The predicted molar refractivity (Wildman–Crippen MR) is 56.0 cm³/mol. The summed E-state index contributed by atoms with van der Waals surface area (Å²) in [4.78, 5) is 0.0203. The molecule has 0 fully saturated rings. The summed E-state index contributed by atoms with van der Waals surface area (Å²) in [6, 6.07) is 3.98. The zero-order valence-corrected chi connectivity index (χ0v) is 8.28. The molecule has 0 amide bonds. The smallest absolute Gasteiger partial charge is 0.366 e. The number of halogens is 2. The fourth-order valence-corrected chi connectivity index (χ4v) is 0.896. The number of nitrogens with two attached hydrogens (primary N) is 2. The third-order valence-corrected chi connectivity index (χ3v) is 1.78. The Hall–Kier alpha value is -1.82. The van der Waals surface area contributed by atoms with Crippen molar-refractivity contribution in [1.29, 1.82) is 0 Å². The van der Waals surface area contributed by atoms with Crippen molar-refractivity contribution in [1.82, 2.24) is 0 Å². The van der Waals surface area contributed by atoms with Gasteiger partial charge in [-0.05, 0) is 17.7 Å². The minimum Gasteiger partial charge on any atom is -0.722 e. The molecule has 0 atom stereocenters. The molecule has 80 valence electrons. The van der Waals surface area contributed by atoms with Gasteiger partial charge in [0.25, 0.3) is 0 Å². The van der Waals surface area contributed by atoms with E-state index in [2.05, 4.69) is 5.10 Å². The number of rotatable bonds is 2. The summed E-state index contributed by atoms with van der Waals surface area (Å²) in [7, 11) is 0. The van der Waals surface area contributed by atoms with Crippen LogP contribution in [-0.4, -0.2) is 17.0 Å². The maximum absolute atomic E-state index is 12.9. The Morgan fingerprint density at radius 3 is 2.73 bits per heavy atom. The van der Waals surface area contributed by atoms with E-state index in [0.29, 0.717) is 5.56 Å².